The van der Waals surface area contributed by atoms with Gasteiger partial charge in [0, 0.05) is 16.3 Å². The van der Waals surface area contributed by atoms with Gasteiger partial charge in [-0.3, -0.25) is 14.3 Å². The van der Waals surface area contributed by atoms with Crippen molar-refractivity contribution in [1.29, 1.82) is 0 Å². The summed E-state index contributed by atoms with van der Waals surface area (Å²) in [7, 11) is -4.52. The number of carbonyl (C=O) groups is 1. The van der Waals surface area contributed by atoms with E-state index in [1.54, 1.807) is 42.5 Å². The van der Waals surface area contributed by atoms with Crippen molar-refractivity contribution in [3.05, 3.63) is 71.9 Å². The first kappa shape index (κ1) is 28.4. The minimum Gasteiger partial charge on any atom is -1.00 e. The molecular weight excluding hydrogens is 503 g/mol. The Morgan fingerprint density at radius 2 is 1.78 bits per heavy atom. The number of azo groups is 1. The Hall–Kier alpha value is -3.15. The Labute approximate surface area is 238 Å². The van der Waals surface area contributed by atoms with Crippen molar-refractivity contribution in [3.8, 4) is 17.0 Å². The molecular formula is C26H25N4NaO5S. The van der Waals surface area contributed by atoms with E-state index in [1.165, 1.54) is 12.3 Å². The van der Waals surface area contributed by atoms with Gasteiger partial charge in [-0.2, -0.15) is 8.42 Å². The van der Waals surface area contributed by atoms with Gasteiger partial charge in [0.25, 0.3) is 10.1 Å². The average Bonchev–Trinajstić information content (AvgIpc) is 2.84. The van der Waals surface area contributed by atoms with Crippen molar-refractivity contribution >= 4 is 44.2 Å². The van der Waals surface area contributed by atoms with Crippen LogP contribution in [0.3, 0.4) is 0 Å². The number of pyridine rings is 1. The molecule has 9 nitrogen and oxygen atoms in total. The van der Waals surface area contributed by atoms with Gasteiger partial charge >= 0.3 is 29.6 Å². The molecule has 0 fully saturated rings. The fourth-order valence-corrected chi connectivity index (χ4v) is 4.53. The minimum atomic E-state index is -4.52. The van der Waals surface area contributed by atoms with E-state index in [4.69, 9.17) is 10.5 Å². The first-order chi connectivity index (χ1) is 17.1. The van der Waals surface area contributed by atoms with Gasteiger partial charge in [0.2, 0.25) is 0 Å². The molecule has 4 aromatic rings. The molecule has 37 heavy (non-hydrogen) atoms. The molecule has 11 heteroatoms. The van der Waals surface area contributed by atoms with Gasteiger partial charge in [-0.15, -0.1) is 10.2 Å². The van der Waals surface area contributed by atoms with Gasteiger partial charge in [-0.1, -0.05) is 24.3 Å². The zero-order valence-electron chi connectivity index (χ0n) is 21.8. The van der Waals surface area contributed by atoms with Crippen molar-refractivity contribution in [2.45, 2.75) is 31.8 Å². The maximum atomic E-state index is 11.9. The SMILES string of the molecule is Cc1cc(C=O)c(OC(C)C)c(-c2ccc(N=Nc3cc(S(=O)(=O)O)c4ccccc4c3N)cn2)c1.[H-].[Na+]. The number of nitrogen functional groups attached to an aromatic ring is 1. The van der Waals surface area contributed by atoms with Crippen molar-refractivity contribution in [3.63, 3.8) is 0 Å². The molecule has 0 spiro atoms. The number of nitrogens with two attached hydrogens (primary N) is 1. The van der Waals surface area contributed by atoms with Gasteiger partial charge in [-0.25, -0.2) is 0 Å². The van der Waals surface area contributed by atoms with E-state index in [0.29, 0.717) is 33.6 Å². The van der Waals surface area contributed by atoms with Crippen molar-refractivity contribution in [2.75, 3.05) is 5.73 Å². The second kappa shape index (κ2) is 11.5. The van der Waals surface area contributed by atoms with Crippen LogP contribution in [-0.2, 0) is 10.1 Å². The summed E-state index contributed by atoms with van der Waals surface area (Å²) in [5.74, 6) is 0.453. The van der Waals surface area contributed by atoms with Crippen molar-refractivity contribution in [2.24, 2.45) is 10.2 Å². The number of aldehydes is 1. The summed E-state index contributed by atoms with van der Waals surface area (Å²) >= 11 is 0. The number of anilines is 1. The predicted octanol–water partition coefficient (Wildman–Crippen LogP) is 3.17. The Morgan fingerprint density at radius 1 is 1.08 bits per heavy atom. The molecule has 0 atom stereocenters. The first-order valence-electron chi connectivity index (χ1n) is 11.0. The minimum absolute atomic E-state index is 0. The fraction of sp³-hybridized carbons (Fsp3) is 0.154. The molecule has 3 aromatic carbocycles. The third kappa shape index (κ3) is 6.23. The largest absolute Gasteiger partial charge is 1.00 e. The molecule has 0 unspecified atom stereocenters. The predicted molar refractivity (Wildman–Crippen MR) is 139 cm³/mol. The van der Waals surface area contributed by atoms with Crippen LogP contribution in [0.4, 0.5) is 17.1 Å². The van der Waals surface area contributed by atoms with Gasteiger partial charge in [-0.05, 0) is 56.7 Å². The van der Waals surface area contributed by atoms with E-state index < -0.39 is 10.1 Å². The topological polar surface area (TPSA) is 144 Å². The summed E-state index contributed by atoms with van der Waals surface area (Å²) in [4.78, 5) is 15.8. The maximum Gasteiger partial charge on any atom is 1.00 e. The molecule has 0 amide bonds. The number of benzene rings is 3. The zero-order chi connectivity index (χ0) is 26.0. The third-order valence-electron chi connectivity index (χ3n) is 5.34. The molecule has 0 aliphatic heterocycles. The number of aromatic nitrogens is 1. The molecule has 0 saturated heterocycles. The van der Waals surface area contributed by atoms with Crippen molar-refractivity contribution < 1.29 is 53.5 Å². The number of carbonyl (C=O) groups excluding carboxylic acids is 1. The molecule has 1 aromatic heterocycles. The quantitative estimate of drug-likeness (QED) is 0.123. The Morgan fingerprint density at radius 3 is 2.38 bits per heavy atom. The van der Waals surface area contributed by atoms with Crippen LogP contribution in [-0.4, -0.2) is 30.3 Å². The average molecular weight is 529 g/mol. The summed E-state index contributed by atoms with van der Waals surface area (Å²) < 4.78 is 39.4. The molecule has 0 bridgehead atoms. The van der Waals surface area contributed by atoms with Crippen LogP contribution in [0, 0.1) is 6.92 Å². The molecule has 1 heterocycles. The first-order valence-corrected chi connectivity index (χ1v) is 12.5. The monoisotopic (exact) mass is 528 g/mol. The number of nitrogens with zero attached hydrogens (tertiary/aromatic N) is 3. The van der Waals surface area contributed by atoms with E-state index >= 15 is 0 Å². The van der Waals surface area contributed by atoms with Crippen LogP contribution >= 0.6 is 0 Å². The Kier molecular flexibility index (Phi) is 8.83. The normalized spacial score (nSPS) is 11.6. The third-order valence-corrected chi connectivity index (χ3v) is 6.24. The van der Waals surface area contributed by atoms with Gasteiger partial charge < -0.3 is 11.9 Å². The van der Waals surface area contributed by atoms with Crippen LogP contribution < -0.4 is 40.0 Å². The van der Waals surface area contributed by atoms with Crippen LogP contribution in [0.5, 0.6) is 5.75 Å². The number of fused-ring (bicyclic) bond motifs is 1. The second-order valence-electron chi connectivity index (χ2n) is 8.45. The summed E-state index contributed by atoms with van der Waals surface area (Å²) in [6.07, 6.45) is 2.10. The van der Waals surface area contributed by atoms with Crippen LogP contribution in [0.15, 0.2) is 75.9 Å². The molecule has 0 saturated carbocycles. The van der Waals surface area contributed by atoms with E-state index in [2.05, 4.69) is 15.2 Å². The van der Waals surface area contributed by atoms with E-state index in [0.717, 1.165) is 11.8 Å². The number of rotatable bonds is 7. The van der Waals surface area contributed by atoms with Gasteiger partial charge in [0.15, 0.2) is 6.29 Å². The molecule has 0 aliphatic rings. The summed E-state index contributed by atoms with van der Waals surface area (Å²) in [6.45, 7) is 5.63. The summed E-state index contributed by atoms with van der Waals surface area (Å²) in [6, 6.07) is 14.8. The van der Waals surface area contributed by atoms with Crippen LogP contribution in [0.1, 0.15) is 31.2 Å². The Bertz CT molecular complexity index is 1610. The number of hydrogen-bond acceptors (Lipinski definition) is 8. The number of ether oxygens (including phenoxy) is 1. The summed E-state index contributed by atoms with van der Waals surface area (Å²) in [5.41, 5.74) is 9.47. The van der Waals surface area contributed by atoms with Gasteiger partial charge in [0.05, 0.1) is 29.2 Å². The summed E-state index contributed by atoms with van der Waals surface area (Å²) in [5, 5.41) is 8.97. The van der Waals surface area contributed by atoms with E-state index in [-0.39, 0.29) is 58.7 Å². The fourth-order valence-electron chi connectivity index (χ4n) is 3.81. The molecule has 186 valence electrons. The van der Waals surface area contributed by atoms with Crippen molar-refractivity contribution in [1.82, 2.24) is 4.98 Å². The smallest absolute Gasteiger partial charge is 1.00 e. The molecule has 0 radical (unpaired) electrons. The second-order valence-corrected chi connectivity index (χ2v) is 9.84. The van der Waals surface area contributed by atoms with Crippen LogP contribution in [0.2, 0.25) is 0 Å². The van der Waals surface area contributed by atoms with E-state index in [9.17, 15) is 17.8 Å². The zero-order valence-corrected chi connectivity index (χ0v) is 23.7. The van der Waals surface area contributed by atoms with Gasteiger partial charge in [0.1, 0.15) is 22.0 Å². The maximum absolute atomic E-state index is 11.9. The van der Waals surface area contributed by atoms with E-state index in [1.807, 2.05) is 26.8 Å². The number of hydrogen-bond donors (Lipinski definition) is 2. The molecule has 0 aliphatic carbocycles. The number of aryl methyl sites for hydroxylation is 1. The van der Waals surface area contributed by atoms with Crippen LogP contribution in [0.25, 0.3) is 22.0 Å². The Balaban J connectivity index is 0.00000253. The molecule has 3 N–H and O–H groups in total. The molecule has 4 rings (SSSR count). The standard InChI is InChI=1S/C26H24N4O5S.Na.H/c1-15(2)35-26-17(14-31)10-16(3)11-21(26)22-9-8-18(13-28-22)29-30-23-12-24(36(32,33)34)19-6-4-5-7-20(19)25(23)27;;/h4-15H,27H2,1-3H3,(H,32,33,34);;/q;+1;-1.